The van der Waals surface area contributed by atoms with Crippen LogP contribution in [0.1, 0.15) is 49.5 Å². The predicted octanol–water partition coefficient (Wildman–Crippen LogP) is 1.84. The number of rotatable bonds is 5. The molecule has 1 fully saturated rings. The highest BCUT2D eigenvalue weighted by molar-refractivity contribution is 6.64. The summed E-state index contributed by atoms with van der Waals surface area (Å²) in [7, 11) is -0.771. The second kappa shape index (κ2) is 9.59. The molecule has 1 unspecified atom stereocenters. The summed E-state index contributed by atoms with van der Waals surface area (Å²) in [5, 5.41) is 5.23. The summed E-state index contributed by atoms with van der Waals surface area (Å²) in [5.41, 5.74) is 1.58. The van der Waals surface area contributed by atoms with Gasteiger partial charge in [0.1, 0.15) is 6.04 Å². The molecule has 3 heterocycles. The van der Waals surface area contributed by atoms with Crippen LogP contribution < -0.4 is 25.4 Å². The van der Waals surface area contributed by atoms with Gasteiger partial charge in [-0.3, -0.25) is 34.2 Å². The molecule has 0 aliphatic carbocycles. The van der Waals surface area contributed by atoms with Gasteiger partial charge in [-0.05, 0) is 30.2 Å². The SMILES string of the molecule is O=C1CCC(N2C(=O)c3cccc(CNC(=O)c4ccc(Cl)c5c4OB(c4ccccc4)O5)c3C2=O)C(=O)N1. The molecule has 6 rings (SSSR count). The van der Waals surface area contributed by atoms with Crippen LogP contribution in [0.3, 0.4) is 0 Å². The Morgan fingerprint density at radius 1 is 0.974 bits per heavy atom. The van der Waals surface area contributed by atoms with E-state index in [0.29, 0.717) is 10.6 Å². The molecule has 10 nitrogen and oxygen atoms in total. The van der Waals surface area contributed by atoms with Gasteiger partial charge in [-0.1, -0.05) is 54.1 Å². The van der Waals surface area contributed by atoms with Crippen LogP contribution in [0, 0.1) is 0 Å². The van der Waals surface area contributed by atoms with Crippen molar-refractivity contribution in [3.8, 4) is 11.5 Å². The first-order valence-electron chi connectivity index (χ1n) is 12.2. The molecule has 12 heteroatoms. The first-order valence-corrected chi connectivity index (χ1v) is 12.5. The normalized spacial score (nSPS) is 17.8. The zero-order valence-corrected chi connectivity index (χ0v) is 21.0. The highest BCUT2D eigenvalue weighted by Gasteiger charge is 2.45. The van der Waals surface area contributed by atoms with Gasteiger partial charge in [-0.15, -0.1) is 0 Å². The standard InChI is InChI=1S/C27H19BClN3O7/c29-18-10-9-17(22-23(18)39-28(38-22)15-6-2-1-3-7-15)24(34)30-13-14-5-4-8-16-21(14)27(37)32(26(16)36)19-11-12-20(33)31-25(19)35/h1-10,19H,11-13H2,(H,30,34)(H,31,33,35). The molecule has 3 aromatic carbocycles. The van der Waals surface area contributed by atoms with Crippen LogP contribution in [0.4, 0.5) is 0 Å². The fraction of sp³-hybridized carbons (Fsp3) is 0.148. The lowest BCUT2D eigenvalue weighted by Gasteiger charge is -2.27. The summed E-state index contributed by atoms with van der Waals surface area (Å²) in [6, 6.07) is 15.9. The number of imide groups is 2. The highest BCUT2D eigenvalue weighted by atomic mass is 35.5. The van der Waals surface area contributed by atoms with Crippen LogP contribution in [0.15, 0.2) is 60.7 Å². The second-order valence-corrected chi connectivity index (χ2v) is 9.61. The van der Waals surface area contributed by atoms with Crippen molar-refractivity contribution in [1.82, 2.24) is 15.5 Å². The molecule has 0 bridgehead atoms. The van der Waals surface area contributed by atoms with Crippen LogP contribution in [-0.4, -0.2) is 47.6 Å². The maximum absolute atomic E-state index is 13.3. The third kappa shape index (κ3) is 4.20. The van der Waals surface area contributed by atoms with E-state index in [1.54, 1.807) is 12.1 Å². The number of halogens is 1. The summed E-state index contributed by atoms with van der Waals surface area (Å²) in [6.45, 7) is -0.0788. The van der Waals surface area contributed by atoms with Crippen molar-refractivity contribution >= 4 is 53.7 Å². The Morgan fingerprint density at radius 2 is 1.74 bits per heavy atom. The molecule has 5 amide bonds. The van der Waals surface area contributed by atoms with Gasteiger partial charge in [-0.2, -0.15) is 0 Å². The minimum absolute atomic E-state index is 0.0229. The van der Waals surface area contributed by atoms with E-state index < -0.39 is 42.7 Å². The van der Waals surface area contributed by atoms with E-state index in [-0.39, 0.29) is 47.6 Å². The van der Waals surface area contributed by atoms with Crippen molar-refractivity contribution in [2.45, 2.75) is 25.4 Å². The largest absolute Gasteiger partial charge is 0.632 e. The molecule has 194 valence electrons. The Morgan fingerprint density at radius 3 is 2.51 bits per heavy atom. The molecule has 39 heavy (non-hydrogen) atoms. The average molecular weight is 544 g/mol. The summed E-state index contributed by atoms with van der Waals surface area (Å²) in [5.74, 6) is -2.47. The van der Waals surface area contributed by atoms with Crippen LogP contribution >= 0.6 is 11.6 Å². The van der Waals surface area contributed by atoms with Gasteiger partial charge in [-0.25, -0.2) is 0 Å². The number of fused-ring (bicyclic) bond motifs is 2. The number of hydrogen-bond donors (Lipinski definition) is 2. The average Bonchev–Trinajstić information content (AvgIpc) is 3.49. The Balaban J connectivity index is 1.22. The lowest BCUT2D eigenvalue weighted by Crippen LogP contribution is -2.54. The molecule has 0 saturated carbocycles. The van der Waals surface area contributed by atoms with Crippen LogP contribution in [0.25, 0.3) is 0 Å². The molecule has 3 aromatic rings. The molecular weight excluding hydrogens is 525 g/mol. The van der Waals surface area contributed by atoms with Gasteiger partial charge in [0.2, 0.25) is 11.8 Å². The second-order valence-electron chi connectivity index (χ2n) is 9.20. The van der Waals surface area contributed by atoms with E-state index >= 15 is 0 Å². The Labute approximate surface area is 227 Å². The van der Waals surface area contributed by atoms with Crippen molar-refractivity contribution in [1.29, 1.82) is 0 Å². The van der Waals surface area contributed by atoms with E-state index in [0.717, 1.165) is 10.4 Å². The lowest BCUT2D eigenvalue weighted by molar-refractivity contribution is -0.136. The van der Waals surface area contributed by atoms with Crippen molar-refractivity contribution in [2.75, 3.05) is 0 Å². The highest BCUT2D eigenvalue weighted by Crippen LogP contribution is 2.42. The Bertz CT molecular complexity index is 1580. The predicted molar refractivity (Wildman–Crippen MR) is 139 cm³/mol. The number of nitrogens with one attached hydrogen (secondary N) is 2. The summed E-state index contributed by atoms with van der Waals surface area (Å²) < 4.78 is 11.8. The van der Waals surface area contributed by atoms with Crippen LogP contribution in [0.2, 0.25) is 5.02 Å². The third-order valence-electron chi connectivity index (χ3n) is 6.82. The summed E-state index contributed by atoms with van der Waals surface area (Å²) in [4.78, 5) is 64.4. The minimum atomic E-state index is -1.08. The first kappa shape index (κ1) is 24.7. The van der Waals surface area contributed by atoms with E-state index in [1.807, 2.05) is 30.3 Å². The van der Waals surface area contributed by atoms with Gasteiger partial charge in [0, 0.05) is 18.4 Å². The smallest absolute Gasteiger partial charge is 0.519 e. The van der Waals surface area contributed by atoms with Gasteiger partial charge >= 0.3 is 7.12 Å². The monoisotopic (exact) mass is 543 g/mol. The number of benzene rings is 3. The Hall–Kier alpha value is -4.64. The van der Waals surface area contributed by atoms with Crippen molar-refractivity contribution in [2.24, 2.45) is 0 Å². The fourth-order valence-electron chi connectivity index (χ4n) is 4.93. The van der Waals surface area contributed by atoms with Crippen molar-refractivity contribution in [3.05, 3.63) is 87.9 Å². The van der Waals surface area contributed by atoms with Crippen LogP contribution in [0.5, 0.6) is 11.5 Å². The number of carbonyl (C=O) groups excluding carboxylic acids is 5. The zero-order chi connectivity index (χ0) is 27.3. The Kier molecular flexibility index (Phi) is 6.07. The summed E-state index contributed by atoms with van der Waals surface area (Å²) in [6.07, 6.45) is 0.0744. The molecule has 3 aliphatic heterocycles. The van der Waals surface area contributed by atoms with Gasteiger partial charge < -0.3 is 14.6 Å². The number of hydrogen-bond acceptors (Lipinski definition) is 7. The zero-order valence-electron chi connectivity index (χ0n) is 20.2. The molecule has 3 aliphatic rings. The van der Waals surface area contributed by atoms with E-state index in [2.05, 4.69) is 10.6 Å². The summed E-state index contributed by atoms with van der Waals surface area (Å²) >= 11 is 6.30. The molecule has 0 aromatic heterocycles. The number of piperidine rings is 1. The molecule has 1 saturated heterocycles. The van der Waals surface area contributed by atoms with Gasteiger partial charge in [0.15, 0.2) is 11.5 Å². The maximum atomic E-state index is 13.3. The number of nitrogens with zero attached hydrogens (tertiary/aromatic N) is 1. The fourth-order valence-corrected chi connectivity index (χ4v) is 5.12. The molecule has 1 atom stereocenters. The topological polar surface area (TPSA) is 131 Å². The molecule has 2 N–H and O–H groups in total. The number of amides is 5. The van der Waals surface area contributed by atoms with Gasteiger partial charge in [0.05, 0.1) is 21.7 Å². The quantitative estimate of drug-likeness (QED) is 0.371. The van der Waals surface area contributed by atoms with Crippen LogP contribution in [-0.2, 0) is 16.1 Å². The van der Waals surface area contributed by atoms with Crippen molar-refractivity contribution in [3.63, 3.8) is 0 Å². The van der Waals surface area contributed by atoms with Gasteiger partial charge in [0.25, 0.3) is 17.7 Å². The van der Waals surface area contributed by atoms with E-state index in [1.165, 1.54) is 18.2 Å². The lowest BCUT2D eigenvalue weighted by atomic mass is 9.79. The maximum Gasteiger partial charge on any atom is 0.632 e. The molecule has 0 radical (unpaired) electrons. The molecule has 0 spiro atoms. The minimum Gasteiger partial charge on any atom is -0.519 e. The van der Waals surface area contributed by atoms with E-state index in [4.69, 9.17) is 20.9 Å². The van der Waals surface area contributed by atoms with Crippen molar-refractivity contribution < 1.29 is 33.3 Å². The number of carbonyl (C=O) groups is 5. The third-order valence-corrected chi connectivity index (χ3v) is 7.12. The first-order chi connectivity index (χ1) is 18.8. The van der Waals surface area contributed by atoms with E-state index in [9.17, 15) is 24.0 Å². The molecular formula is C27H19BClN3O7.